The van der Waals surface area contributed by atoms with Crippen LogP contribution in [0.5, 0.6) is 11.5 Å². The number of aliphatic hydroxyl groups excluding tert-OH is 1. The lowest BCUT2D eigenvalue weighted by atomic mass is 10.2. The highest BCUT2D eigenvalue weighted by Crippen LogP contribution is 2.34. The Kier molecular flexibility index (Phi) is 4.25. The number of hydrogen-bond acceptors (Lipinski definition) is 2. The van der Waals surface area contributed by atoms with E-state index in [9.17, 15) is 5.11 Å². The topological polar surface area (TPSA) is 29.5 Å². The minimum atomic E-state index is -0.0979. The van der Waals surface area contributed by atoms with Crippen molar-refractivity contribution in [3.05, 3.63) is 56.6 Å². The Balaban J connectivity index is 2.39. The Morgan fingerprint density at radius 3 is 2.59 bits per heavy atom. The summed E-state index contributed by atoms with van der Waals surface area (Å²) in [7, 11) is 0. The van der Waals surface area contributed by atoms with E-state index in [-0.39, 0.29) is 6.61 Å². The van der Waals surface area contributed by atoms with Gasteiger partial charge >= 0.3 is 0 Å². The molecule has 0 aliphatic carbocycles. The minimum absolute atomic E-state index is 0.0979. The highest BCUT2D eigenvalue weighted by atomic mass is 127. The van der Waals surface area contributed by atoms with Gasteiger partial charge in [0.15, 0.2) is 5.75 Å². The van der Waals surface area contributed by atoms with E-state index in [1.54, 1.807) is 18.2 Å². The molecule has 0 unspecified atom stereocenters. The summed E-state index contributed by atoms with van der Waals surface area (Å²) in [6.45, 7) is -0.0979. The van der Waals surface area contributed by atoms with Gasteiger partial charge in [0.2, 0.25) is 0 Å². The maximum Gasteiger partial charge on any atom is 0.151 e. The molecule has 0 spiro atoms. The molecule has 0 saturated carbocycles. The second kappa shape index (κ2) is 5.71. The standard InChI is InChI=1S/C13H10ClIO2/c14-10-5-3-4-9(8-16)13(10)17-12-7-2-1-6-11(12)15/h1-7,16H,8H2. The van der Waals surface area contributed by atoms with Crippen LogP contribution in [0.25, 0.3) is 0 Å². The summed E-state index contributed by atoms with van der Waals surface area (Å²) < 4.78 is 6.76. The van der Waals surface area contributed by atoms with Crippen molar-refractivity contribution >= 4 is 34.2 Å². The molecule has 0 heterocycles. The number of benzene rings is 2. The Labute approximate surface area is 118 Å². The van der Waals surface area contributed by atoms with Crippen LogP contribution in [0.3, 0.4) is 0 Å². The maximum absolute atomic E-state index is 9.25. The molecule has 0 bridgehead atoms. The fraction of sp³-hybridized carbons (Fsp3) is 0.0769. The number of aliphatic hydroxyl groups is 1. The normalized spacial score (nSPS) is 10.3. The molecule has 2 nitrogen and oxygen atoms in total. The highest BCUT2D eigenvalue weighted by molar-refractivity contribution is 14.1. The first kappa shape index (κ1) is 12.7. The van der Waals surface area contributed by atoms with Crippen LogP contribution in [0.4, 0.5) is 0 Å². The summed E-state index contributed by atoms with van der Waals surface area (Å²) in [4.78, 5) is 0. The van der Waals surface area contributed by atoms with E-state index in [1.807, 2.05) is 24.3 Å². The minimum Gasteiger partial charge on any atom is -0.454 e. The van der Waals surface area contributed by atoms with E-state index in [4.69, 9.17) is 16.3 Å². The van der Waals surface area contributed by atoms with Crippen LogP contribution < -0.4 is 4.74 Å². The van der Waals surface area contributed by atoms with Crippen molar-refractivity contribution in [2.24, 2.45) is 0 Å². The van der Waals surface area contributed by atoms with Crippen molar-refractivity contribution in [2.75, 3.05) is 0 Å². The van der Waals surface area contributed by atoms with Crippen molar-refractivity contribution < 1.29 is 9.84 Å². The third-order valence-corrected chi connectivity index (χ3v) is 3.46. The van der Waals surface area contributed by atoms with Gasteiger partial charge in [-0.2, -0.15) is 0 Å². The van der Waals surface area contributed by atoms with Gasteiger partial charge in [0.05, 0.1) is 15.2 Å². The number of halogens is 2. The molecule has 0 fully saturated rings. The van der Waals surface area contributed by atoms with Gasteiger partial charge in [-0.25, -0.2) is 0 Å². The zero-order valence-corrected chi connectivity index (χ0v) is 11.8. The molecule has 17 heavy (non-hydrogen) atoms. The predicted molar refractivity (Wildman–Crippen MR) is 76.6 cm³/mol. The predicted octanol–water partition coefficient (Wildman–Crippen LogP) is 4.23. The summed E-state index contributed by atoms with van der Waals surface area (Å²) >= 11 is 8.26. The van der Waals surface area contributed by atoms with Crippen molar-refractivity contribution in [3.63, 3.8) is 0 Å². The second-order valence-electron chi connectivity index (χ2n) is 3.42. The zero-order chi connectivity index (χ0) is 12.3. The molecule has 0 amide bonds. The lowest BCUT2D eigenvalue weighted by Crippen LogP contribution is -1.93. The molecule has 88 valence electrons. The molecule has 0 aliphatic rings. The average molecular weight is 361 g/mol. The van der Waals surface area contributed by atoms with E-state index >= 15 is 0 Å². The summed E-state index contributed by atoms with van der Waals surface area (Å²) in [5.41, 5.74) is 0.678. The molecule has 0 atom stereocenters. The van der Waals surface area contributed by atoms with Crippen LogP contribution in [0.2, 0.25) is 5.02 Å². The van der Waals surface area contributed by atoms with Gasteiger partial charge in [-0.1, -0.05) is 35.9 Å². The van der Waals surface area contributed by atoms with E-state index in [2.05, 4.69) is 22.6 Å². The third kappa shape index (κ3) is 2.91. The summed E-state index contributed by atoms with van der Waals surface area (Å²) in [6.07, 6.45) is 0. The van der Waals surface area contributed by atoms with Gasteiger partial charge in [-0.15, -0.1) is 0 Å². The Hall–Kier alpha value is -0.780. The lowest BCUT2D eigenvalue weighted by Gasteiger charge is -2.12. The number of rotatable bonds is 3. The fourth-order valence-corrected chi connectivity index (χ4v) is 2.16. The molecule has 2 aromatic rings. The Morgan fingerprint density at radius 2 is 1.88 bits per heavy atom. The molecule has 2 aromatic carbocycles. The van der Waals surface area contributed by atoms with Gasteiger partial charge in [-0.05, 0) is 40.8 Å². The van der Waals surface area contributed by atoms with E-state index in [0.717, 1.165) is 9.32 Å². The van der Waals surface area contributed by atoms with Crippen LogP contribution >= 0.6 is 34.2 Å². The van der Waals surface area contributed by atoms with Crippen molar-refractivity contribution in [3.8, 4) is 11.5 Å². The van der Waals surface area contributed by atoms with Gasteiger partial charge in [0.25, 0.3) is 0 Å². The fourth-order valence-electron chi connectivity index (χ4n) is 1.43. The quantitative estimate of drug-likeness (QED) is 0.830. The van der Waals surface area contributed by atoms with Crippen LogP contribution in [0, 0.1) is 3.57 Å². The van der Waals surface area contributed by atoms with Gasteiger partial charge in [-0.3, -0.25) is 0 Å². The van der Waals surface area contributed by atoms with Crippen LogP contribution in [-0.4, -0.2) is 5.11 Å². The van der Waals surface area contributed by atoms with E-state index in [0.29, 0.717) is 16.3 Å². The number of hydrogen-bond donors (Lipinski definition) is 1. The monoisotopic (exact) mass is 360 g/mol. The van der Waals surface area contributed by atoms with Crippen molar-refractivity contribution in [1.29, 1.82) is 0 Å². The number of ether oxygens (including phenoxy) is 1. The van der Waals surface area contributed by atoms with Crippen LogP contribution in [0.1, 0.15) is 5.56 Å². The summed E-state index contributed by atoms with van der Waals surface area (Å²) in [5, 5.41) is 9.75. The first-order valence-electron chi connectivity index (χ1n) is 5.03. The van der Waals surface area contributed by atoms with Crippen LogP contribution in [0.15, 0.2) is 42.5 Å². The van der Waals surface area contributed by atoms with Gasteiger partial charge in [0.1, 0.15) is 5.75 Å². The molecular weight excluding hydrogens is 350 g/mol. The summed E-state index contributed by atoms with van der Waals surface area (Å²) in [6, 6.07) is 13.0. The van der Waals surface area contributed by atoms with E-state index in [1.165, 1.54) is 0 Å². The zero-order valence-electron chi connectivity index (χ0n) is 8.86. The molecule has 0 aromatic heterocycles. The van der Waals surface area contributed by atoms with E-state index < -0.39 is 0 Å². The van der Waals surface area contributed by atoms with Crippen molar-refractivity contribution in [1.82, 2.24) is 0 Å². The largest absolute Gasteiger partial charge is 0.454 e. The van der Waals surface area contributed by atoms with Gasteiger partial charge < -0.3 is 9.84 Å². The third-order valence-electron chi connectivity index (χ3n) is 2.27. The van der Waals surface area contributed by atoms with Gasteiger partial charge in [0, 0.05) is 5.56 Å². The highest BCUT2D eigenvalue weighted by Gasteiger charge is 2.10. The lowest BCUT2D eigenvalue weighted by molar-refractivity contribution is 0.276. The molecule has 0 saturated heterocycles. The first-order chi connectivity index (χ1) is 8.22. The molecule has 1 N–H and O–H groups in total. The Bertz CT molecular complexity index is 529. The molecule has 2 rings (SSSR count). The molecule has 0 aliphatic heterocycles. The SMILES string of the molecule is OCc1cccc(Cl)c1Oc1ccccc1I. The molecular formula is C13H10ClIO2. The molecule has 0 radical (unpaired) electrons. The maximum atomic E-state index is 9.25. The first-order valence-corrected chi connectivity index (χ1v) is 6.48. The van der Waals surface area contributed by atoms with Crippen molar-refractivity contribution in [2.45, 2.75) is 6.61 Å². The smallest absolute Gasteiger partial charge is 0.151 e. The number of para-hydroxylation sites is 2. The average Bonchev–Trinajstić information content (AvgIpc) is 2.34. The Morgan fingerprint density at radius 1 is 1.12 bits per heavy atom. The summed E-state index contributed by atoms with van der Waals surface area (Å²) in [5.74, 6) is 1.25. The second-order valence-corrected chi connectivity index (χ2v) is 4.99. The van der Waals surface area contributed by atoms with Crippen LogP contribution in [-0.2, 0) is 6.61 Å². The molecule has 4 heteroatoms.